The normalized spacial score (nSPS) is 22.6. The van der Waals surface area contributed by atoms with E-state index in [4.69, 9.17) is 11.6 Å². The van der Waals surface area contributed by atoms with E-state index in [1.54, 1.807) is 0 Å². The molecule has 0 saturated carbocycles. The predicted octanol–water partition coefficient (Wildman–Crippen LogP) is 2.33. The van der Waals surface area contributed by atoms with Gasteiger partial charge in [0.15, 0.2) is 9.84 Å². The third-order valence-electron chi connectivity index (χ3n) is 3.05. The van der Waals surface area contributed by atoms with Gasteiger partial charge in [0.25, 0.3) is 0 Å². The molecule has 1 saturated heterocycles. The Labute approximate surface area is 132 Å². The van der Waals surface area contributed by atoms with Crippen LogP contribution in [0.1, 0.15) is 18.2 Å². The van der Waals surface area contributed by atoms with Gasteiger partial charge in [0.2, 0.25) is 5.91 Å². The van der Waals surface area contributed by atoms with Crippen molar-refractivity contribution in [3.05, 3.63) is 21.3 Å². The molecule has 0 radical (unpaired) electrons. The molecule has 1 amide bonds. The number of hydrogen-bond acceptors (Lipinski definition) is 5. The molecule has 4 nitrogen and oxygen atoms in total. The molecular formula is C12H16ClNO3S3. The number of amides is 1. The van der Waals surface area contributed by atoms with Crippen molar-refractivity contribution in [2.45, 2.75) is 30.4 Å². The van der Waals surface area contributed by atoms with Crippen LogP contribution in [0.15, 0.2) is 12.1 Å². The molecule has 112 valence electrons. The van der Waals surface area contributed by atoms with E-state index in [1.807, 2.05) is 19.1 Å². The summed E-state index contributed by atoms with van der Waals surface area (Å²) < 4.78 is 23.4. The Hall–Kier alpha value is -0.240. The molecule has 2 unspecified atom stereocenters. The zero-order chi connectivity index (χ0) is 14.8. The zero-order valence-corrected chi connectivity index (χ0v) is 14.2. The number of rotatable bonds is 5. The SMILES string of the molecule is CC(SCc1ccc(Cl)s1)C(=O)NC1CCS(=O)(=O)C1. The van der Waals surface area contributed by atoms with Gasteiger partial charge in [-0.2, -0.15) is 0 Å². The summed E-state index contributed by atoms with van der Waals surface area (Å²) >= 11 is 8.88. The van der Waals surface area contributed by atoms with Crippen LogP contribution in [-0.2, 0) is 20.4 Å². The largest absolute Gasteiger partial charge is 0.351 e. The van der Waals surface area contributed by atoms with Gasteiger partial charge in [-0.1, -0.05) is 11.6 Å². The van der Waals surface area contributed by atoms with Crippen molar-refractivity contribution >= 4 is 50.4 Å². The first-order valence-corrected chi connectivity index (χ1v) is 10.3. The summed E-state index contributed by atoms with van der Waals surface area (Å²) in [4.78, 5) is 13.1. The highest BCUT2D eigenvalue weighted by Crippen LogP contribution is 2.27. The lowest BCUT2D eigenvalue weighted by atomic mass is 10.2. The summed E-state index contributed by atoms with van der Waals surface area (Å²) in [5, 5.41) is 2.61. The van der Waals surface area contributed by atoms with Gasteiger partial charge in [0, 0.05) is 16.7 Å². The van der Waals surface area contributed by atoms with Crippen LogP contribution in [-0.4, -0.2) is 37.1 Å². The highest BCUT2D eigenvalue weighted by atomic mass is 35.5. The summed E-state index contributed by atoms with van der Waals surface area (Å²) in [7, 11) is -2.95. The minimum absolute atomic E-state index is 0.0661. The number of carbonyl (C=O) groups excluding carboxylic acids is 1. The highest BCUT2D eigenvalue weighted by molar-refractivity contribution is 7.99. The highest BCUT2D eigenvalue weighted by Gasteiger charge is 2.29. The molecule has 1 aliphatic rings. The van der Waals surface area contributed by atoms with Crippen LogP contribution in [0.5, 0.6) is 0 Å². The lowest BCUT2D eigenvalue weighted by Crippen LogP contribution is -2.39. The van der Waals surface area contributed by atoms with E-state index >= 15 is 0 Å². The second-order valence-corrected chi connectivity index (χ2v) is 10.1. The third kappa shape index (κ3) is 4.65. The molecule has 0 aromatic carbocycles. The van der Waals surface area contributed by atoms with Crippen LogP contribution in [0.2, 0.25) is 4.34 Å². The molecule has 20 heavy (non-hydrogen) atoms. The van der Waals surface area contributed by atoms with E-state index in [9.17, 15) is 13.2 Å². The summed E-state index contributed by atoms with van der Waals surface area (Å²) in [6.07, 6.45) is 0.520. The molecule has 1 aliphatic heterocycles. The van der Waals surface area contributed by atoms with Crippen molar-refractivity contribution < 1.29 is 13.2 Å². The second kappa shape index (κ2) is 6.68. The fraction of sp³-hybridized carbons (Fsp3) is 0.583. The maximum absolute atomic E-state index is 12.0. The number of thioether (sulfide) groups is 1. The lowest BCUT2D eigenvalue weighted by Gasteiger charge is -2.15. The molecule has 2 rings (SSSR count). The van der Waals surface area contributed by atoms with E-state index in [1.165, 1.54) is 23.1 Å². The van der Waals surface area contributed by atoms with Crippen molar-refractivity contribution in [3.63, 3.8) is 0 Å². The maximum atomic E-state index is 12.0. The molecule has 0 aliphatic carbocycles. The van der Waals surface area contributed by atoms with E-state index in [0.717, 1.165) is 15.0 Å². The van der Waals surface area contributed by atoms with Crippen molar-refractivity contribution in [1.82, 2.24) is 5.32 Å². The number of halogens is 1. The quantitative estimate of drug-likeness (QED) is 0.882. The van der Waals surface area contributed by atoms with E-state index in [2.05, 4.69) is 5.32 Å². The Bertz CT molecular complexity index is 585. The smallest absolute Gasteiger partial charge is 0.233 e. The molecule has 1 N–H and O–H groups in total. The average molecular weight is 354 g/mol. The molecule has 0 spiro atoms. The summed E-state index contributed by atoms with van der Waals surface area (Å²) in [6.45, 7) is 1.83. The van der Waals surface area contributed by atoms with Gasteiger partial charge in [-0.25, -0.2) is 8.42 Å². The molecule has 1 fully saturated rings. The van der Waals surface area contributed by atoms with Gasteiger partial charge >= 0.3 is 0 Å². The minimum atomic E-state index is -2.95. The Morgan fingerprint density at radius 3 is 2.90 bits per heavy atom. The van der Waals surface area contributed by atoms with E-state index < -0.39 is 9.84 Å². The Kier molecular flexibility index (Phi) is 5.39. The first kappa shape index (κ1) is 16.1. The topological polar surface area (TPSA) is 63.2 Å². The Balaban J connectivity index is 1.77. The molecule has 1 aromatic heterocycles. The number of thiophene rings is 1. The number of carbonyl (C=O) groups is 1. The van der Waals surface area contributed by atoms with Crippen LogP contribution in [0.3, 0.4) is 0 Å². The van der Waals surface area contributed by atoms with Gasteiger partial charge < -0.3 is 5.32 Å². The third-order valence-corrected chi connectivity index (χ3v) is 7.43. The summed E-state index contributed by atoms with van der Waals surface area (Å²) in [5.74, 6) is 0.874. The van der Waals surface area contributed by atoms with Crippen molar-refractivity contribution in [3.8, 4) is 0 Å². The summed E-state index contributed by atoms with van der Waals surface area (Å²) in [6, 6.07) is 3.57. The lowest BCUT2D eigenvalue weighted by molar-refractivity contribution is -0.120. The predicted molar refractivity (Wildman–Crippen MR) is 85.3 cm³/mol. The fourth-order valence-corrected chi connectivity index (χ4v) is 5.67. The zero-order valence-electron chi connectivity index (χ0n) is 11.0. The van der Waals surface area contributed by atoms with E-state index in [-0.39, 0.29) is 28.7 Å². The van der Waals surface area contributed by atoms with Gasteiger partial charge in [0.1, 0.15) is 0 Å². The van der Waals surface area contributed by atoms with Gasteiger partial charge in [-0.15, -0.1) is 23.1 Å². The Morgan fingerprint density at radius 2 is 2.35 bits per heavy atom. The van der Waals surface area contributed by atoms with Crippen molar-refractivity contribution in [2.75, 3.05) is 11.5 Å². The second-order valence-electron chi connectivity index (χ2n) is 4.77. The monoisotopic (exact) mass is 353 g/mol. The first-order valence-electron chi connectivity index (χ1n) is 6.22. The van der Waals surface area contributed by atoms with Gasteiger partial charge in [0.05, 0.1) is 21.1 Å². The van der Waals surface area contributed by atoms with Crippen LogP contribution >= 0.6 is 34.7 Å². The van der Waals surface area contributed by atoms with Gasteiger partial charge in [-0.05, 0) is 25.5 Å². The number of sulfone groups is 1. The molecule has 8 heteroatoms. The Morgan fingerprint density at radius 1 is 1.60 bits per heavy atom. The van der Waals surface area contributed by atoms with Gasteiger partial charge in [-0.3, -0.25) is 4.79 Å². The van der Waals surface area contributed by atoms with Crippen molar-refractivity contribution in [2.24, 2.45) is 0 Å². The molecule has 0 bridgehead atoms. The molecule has 2 heterocycles. The summed E-state index contributed by atoms with van der Waals surface area (Å²) in [5.41, 5.74) is 0. The molecular weight excluding hydrogens is 338 g/mol. The van der Waals surface area contributed by atoms with Crippen LogP contribution in [0.4, 0.5) is 0 Å². The minimum Gasteiger partial charge on any atom is -0.351 e. The first-order chi connectivity index (χ1) is 9.35. The van der Waals surface area contributed by atoms with Crippen molar-refractivity contribution in [1.29, 1.82) is 0 Å². The number of nitrogens with one attached hydrogen (secondary N) is 1. The maximum Gasteiger partial charge on any atom is 0.233 e. The van der Waals surface area contributed by atoms with E-state index in [0.29, 0.717) is 6.42 Å². The standard InChI is InChI=1S/C12H16ClNO3S3/c1-8(18-6-10-2-3-11(13)19-10)12(15)14-9-4-5-20(16,17)7-9/h2-3,8-9H,4-7H2,1H3,(H,14,15). The molecule has 1 aromatic rings. The average Bonchev–Trinajstić information content (AvgIpc) is 2.92. The van der Waals surface area contributed by atoms with Crippen LogP contribution in [0.25, 0.3) is 0 Å². The molecule has 2 atom stereocenters. The van der Waals surface area contributed by atoms with Crippen LogP contribution < -0.4 is 5.32 Å². The number of hydrogen-bond donors (Lipinski definition) is 1. The van der Waals surface area contributed by atoms with Crippen LogP contribution in [0, 0.1) is 0 Å². The fourth-order valence-electron chi connectivity index (χ4n) is 1.94.